The standard InChI is InChI=1S/C27H33N7O5S2/c1-32(2)41(37,38)21-5-3-19(4-6-21)30-24-23-22(7-14-29-25(23)35)34(31-24)27(10-13-28)11-15-33(16-12-27)26(36)39-20-8-17-40-18-9-20/h3-7,14,20,23H,8-12,15-18H2,1-2H3,(H,30,31). The first-order chi connectivity index (χ1) is 19.6. The number of nitriles is 1. The van der Waals surface area contributed by atoms with Gasteiger partial charge in [0.05, 0.1) is 34.3 Å². The first kappa shape index (κ1) is 29.1. The number of likely N-dealkylation sites (tertiary alicyclic amines) is 1. The van der Waals surface area contributed by atoms with Gasteiger partial charge in [0, 0.05) is 33.4 Å². The maximum absolute atomic E-state index is 13.0. The van der Waals surface area contributed by atoms with Crippen LogP contribution < -0.4 is 5.43 Å². The van der Waals surface area contributed by atoms with Crippen molar-refractivity contribution in [3.8, 4) is 6.07 Å². The summed E-state index contributed by atoms with van der Waals surface area (Å²) in [6.45, 7) is 0.822. The highest BCUT2D eigenvalue weighted by atomic mass is 32.2. The number of ether oxygens (including phenoxy) is 1. The normalized spacial score (nSPS) is 23.7. The predicted molar refractivity (Wildman–Crippen MR) is 155 cm³/mol. The van der Waals surface area contributed by atoms with Crippen LogP contribution in [0.25, 0.3) is 0 Å². The number of carbonyl (C=O) groups excluding carboxylic acids is 2. The molecule has 4 aliphatic rings. The lowest BCUT2D eigenvalue weighted by Gasteiger charge is -2.47. The summed E-state index contributed by atoms with van der Waals surface area (Å²) in [5, 5.41) is 11.7. The number of hydrogen-bond donors (Lipinski definition) is 1. The lowest BCUT2D eigenvalue weighted by molar-refractivity contribution is -0.119. The summed E-state index contributed by atoms with van der Waals surface area (Å²) in [7, 11) is -0.671. The van der Waals surface area contributed by atoms with Crippen LogP contribution in [0.3, 0.4) is 0 Å². The molecule has 0 aromatic heterocycles. The molecule has 2 amide bonds. The number of sulfonamides is 1. The number of hydrogen-bond acceptors (Lipinski definition) is 9. The molecule has 12 nitrogen and oxygen atoms in total. The number of thioether (sulfide) groups is 1. The van der Waals surface area contributed by atoms with E-state index in [9.17, 15) is 23.3 Å². The van der Waals surface area contributed by atoms with Crippen molar-refractivity contribution in [2.45, 2.75) is 48.6 Å². The van der Waals surface area contributed by atoms with Gasteiger partial charge < -0.3 is 9.64 Å². The maximum Gasteiger partial charge on any atom is 0.410 e. The number of nitrogens with one attached hydrogen (secondary N) is 1. The minimum atomic E-state index is -3.60. The van der Waals surface area contributed by atoms with E-state index in [2.05, 4.69) is 21.5 Å². The Bertz CT molecular complexity index is 1420. The number of carbonyl (C=O) groups is 2. The van der Waals surface area contributed by atoms with Crippen molar-refractivity contribution in [3.63, 3.8) is 0 Å². The predicted octanol–water partition coefficient (Wildman–Crippen LogP) is 2.68. The van der Waals surface area contributed by atoms with Gasteiger partial charge in [-0.1, -0.05) is 0 Å². The fraction of sp³-hybridized carbons (Fsp3) is 0.519. The molecule has 1 atom stereocenters. The van der Waals surface area contributed by atoms with Gasteiger partial charge in [0.25, 0.3) is 5.91 Å². The Labute approximate surface area is 244 Å². The highest BCUT2D eigenvalue weighted by Gasteiger charge is 2.50. The summed E-state index contributed by atoms with van der Waals surface area (Å²) in [5.41, 5.74) is 3.69. The summed E-state index contributed by atoms with van der Waals surface area (Å²) >= 11 is 1.87. The van der Waals surface area contributed by atoms with Gasteiger partial charge in [-0.05, 0) is 67.5 Å². The van der Waals surface area contributed by atoms with E-state index in [0.29, 0.717) is 43.2 Å². The van der Waals surface area contributed by atoms with Crippen LogP contribution in [0.5, 0.6) is 0 Å². The molecule has 5 rings (SSSR count). The van der Waals surface area contributed by atoms with Crippen LogP contribution in [0.15, 0.2) is 50.9 Å². The number of benzene rings is 1. The Balaban J connectivity index is 1.37. The van der Waals surface area contributed by atoms with Crippen LogP contribution in [0, 0.1) is 17.2 Å². The van der Waals surface area contributed by atoms with Crippen molar-refractivity contribution in [1.29, 1.82) is 5.26 Å². The molecule has 1 aromatic rings. The molecule has 0 aliphatic carbocycles. The molecule has 0 bridgehead atoms. The smallest absolute Gasteiger partial charge is 0.410 e. The Hall–Kier alpha value is -3.41. The van der Waals surface area contributed by atoms with E-state index < -0.39 is 21.5 Å². The first-order valence-electron chi connectivity index (χ1n) is 13.5. The molecular weight excluding hydrogens is 566 g/mol. The molecule has 0 spiro atoms. The number of hydrazine groups is 1. The quantitative estimate of drug-likeness (QED) is 0.521. The number of fused-ring (bicyclic) bond motifs is 1. The summed E-state index contributed by atoms with van der Waals surface area (Å²) in [6.07, 6.45) is 5.69. The maximum atomic E-state index is 13.0. The van der Waals surface area contributed by atoms with Crippen LogP contribution in [-0.2, 0) is 19.6 Å². The monoisotopic (exact) mass is 599 g/mol. The topological polar surface area (TPSA) is 148 Å². The minimum absolute atomic E-state index is 0.0518. The second-order valence-corrected chi connectivity index (χ2v) is 14.0. The van der Waals surface area contributed by atoms with Crippen LogP contribution in [0.2, 0.25) is 0 Å². The minimum Gasteiger partial charge on any atom is -0.446 e. The average Bonchev–Trinajstić information content (AvgIpc) is 3.34. The van der Waals surface area contributed by atoms with Gasteiger partial charge in [0.1, 0.15) is 17.9 Å². The zero-order valence-corrected chi connectivity index (χ0v) is 24.7. The Morgan fingerprint density at radius 2 is 1.93 bits per heavy atom. The molecule has 4 heterocycles. The van der Waals surface area contributed by atoms with Gasteiger partial charge in [-0.25, -0.2) is 27.5 Å². The molecule has 3 fully saturated rings. The third kappa shape index (κ3) is 5.84. The van der Waals surface area contributed by atoms with E-state index in [1.807, 2.05) is 16.8 Å². The van der Waals surface area contributed by atoms with Crippen molar-refractivity contribution in [2.24, 2.45) is 15.9 Å². The lowest BCUT2D eigenvalue weighted by atomic mass is 9.83. The van der Waals surface area contributed by atoms with Gasteiger partial charge in [-0.2, -0.15) is 17.0 Å². The fourth-order valence-electron chi connectivity index (χ4n) is 5.46. The summed E-state index contributed by atoms with van der Waals surface area (Å²) in [6, 6.07) is 8.39. The van der Waals surface area contributed by atoms with Crippen LogP contribution in [-0.4, -0.2) is 97.0 Å². The number of dihydropyridines is 1. The largest absolute Gasteiger partial charge is 0.446 e. The number of amidine groups is 1. The summed E-state index contributed by atoms with van der Waals surface area (Å²) < 4.78 is 31.8. The van der Waals surface area contributed by atoms with E-state index in [0.717, 1.165) is 28.7 Å². The van der Waals surface area contributed by atoms with Crippen molar-refractivity contribution < 1.29 is 22.7 Å². The van der Waals surface area contributed by atoms with Gasteiger partial charge in [-0.3, -0.25) is 15.2 Å². The molecule has 3 saturated heterocycles. The molecule has 0 radical (unpaired) electrons. The van der Waals surface area contributed by atoms with E-state index >= 15 is 0 Å². The third-order valence-electron chi connectivity index (χ3n) is 7.88. The fourth-order valence-corrected chi connectivity index (χ4v) is 7.42. The molecule has 218 valence electrons. The highest BCUT2D eigenvalue weighted by Crippen LogP contribution is 2.40. The summed E-state index contributed by atoms with van der Waals surface area (Å²) in [5.74, 6) is 1.15. The van der Waals surface area contributed by atoms with Crippen molar-refractivity contribution >= 4 is 51.5 Å². The number of nitrogens with zero attached hydrogens (tertiary/aromatic N) is 6. The molecule has 14 heteroatoms. The SMILES string of the molecule is CN(C)S(=O)(=O)c1ccc(N=C2NN(C3(CC#N)CCN(C(=O)OC4CCSCC4)CC3)C3=CC=NC(=O)C32)cc1. The molecule has 4 aliphatic heterocycles. The molecule has 0 saturated carbocycles. The molecule has 1 N–H and O–H groups in total. The summed E-state index contributed by atoms with van der Waals surface area (Å²) in [4.78, 5) is 36.3. The average molecular weight is 600 g/mol. The van der Waals surface area contributed by atoms with E-state index in [1.165, 1.54) is 32.4 Å². The van der Waals surface area contributed by atoms with Gasteiger partial charge in [0.15, 0.2) is 0 Å². The molecular formula is C27H33N7O5S2. The van der Waals surface area contributed by atoms with Crippen molar-refractivity contribution in [2.75, 3.05) is 38.7 Å². The Morgan fingerprint density at radius 3 is 2.56 bits per heavy atom. The van der Waals surface area contributed by atoms with Crippen LogP contribution in [0.1, 0.15) is 32.1 Å². The van der Waals surface area contributed by atoms with Gasteiger partial charge >= 0.3 is 6.09 Å². The van der Waals surface area contributed by atoms with Crippen molar-refractivity contribution in [1.82, 2.24) is 19.6 Å². The number of piperidine rings is 1. The van der Waals surface area contributed by atoms with Gasteiger partial charge in [-0.15, -0.1) is 0 Å². The van der Waals surface area contributed by atoms with Gasteiger partial charge in [0.2, 0.25) is 10.0 Å². The molecule has 1 aromatic carbocycles. The Kier molecular flexibility index (Phi) is 8.40. The zero-order chi connectivity index (χ0) is 29.2. The molecule has 1 unspecified atom stereocenters. The van der Waals surface area contributed by atoms with Crippen LogP contribution in [0.4, 0.5) is 10.5 Å². The second-order valence-electron chi connectivity index (χ2n) is 10.6. The highest BCUT2D eigenvalue weighted by molar-refractivity contribution is 7.99. The number of rotatable bonds is 6. The van der Waals surface area contributed by atoms with Crippen LogP contribution >= 0.6 is 11.8 Å². The molecule has 41 heavy (non-hydrogen) atoms. The second kappa shape index (κ2) is 11.8. The number of aliphatic imine (C=N–C) groups is 2. The lowest BCUT2D eigenvalue weighted by Crippen LogP contribution is -2.58. The first-order valence-corrected chi connectivity index (χ1v) is 16.1. The van der Waals surface area contributed by atoms with Crippen molar-refractivity contribution in [3.05, 3.63) is 36.0 Å². The Morgan fingerprint density at radius 1 is 1.24 bits per heavy atom. The number of amides is 2. The van der Waals surface area contributed by atoms with E-state index in [4.69, 9.17) is 4.74 Å². The zero-order valence-electron chi connectivity index (χ0n) is 23.0. The third-order valence-corrected chi connectivity index (χ3v) is 10.8. The van der Waals surface area contributed by atoms with E-state index in [1.54, 1.807) is 23.1 Å². The van der Waals surface area contributed by atoms with E-state index in [-0.39, 0.29) is 29.4 Å². The number of allylic oxidation sites excluding steroid dienone is 1.